The fourth-order valence-corrected chi connectivity index (χ4v) is 2.53. The van der Waals surface area contributed by atoms with E-state index >= 15 is 0 Å². The van der Waals surface area contributed by atoms with E-state index in [1.165, 1.54) is 0 Å². The maximum Gasteiger partial charge on any atom is 0.221 e. The molecule has 2 fully saturated rings. The van der Waals surface area contributed by atoms with Gasteiger partial charge in [0.15, 0.2) is 0 Å². The minimum absolute atomic E-state index is 0.208. The van der Waals surface area contributed by atoms with Gasteiger partial charge >= 0.3 is 0 Å². The van der Waals surface area contributed by atoms with Crippen LogP contribution in [0.3, 0.4) is 0 Å². The minimum atomic E-state index is 0.208. The van der Waals surface area contributed by atoms with Gasteiger partial charge in [-0.25, -0.2) is 4.98 Å². The second kappa shape index (κ2) is 6.22. The maximum atomic E-state index is 11.7. The van der Waals surface area contributed by atoms with Crippen molar-refractivity contribution in [2.24, 2.45) is 0 Å². The van der Waals surface area contributed by atoms with Crippen LogP contribution in [0.5, 0.6) is 0 Å². The number of piperazine rings is 1. The number of aromatic nitrogens is 1. The zero-order valence-electron chi connectivity index (χ0n) is 11.8. The van der Waals surface area contributed by atoms with Crippen molar-refractivity contribution in [2.75, 3.05) is 37.6 Å². The van der Waals surface area contributed by atoms with Crippen molar-refractivity contribution in [3.05, 3.63) is 24.4 Å². The molecule has 108 valence electrons. The quantitative estimate of drug-likeness (QED) is 0.865. The summed E-state index contributed by atoms with van der Waals surface area (Å²) in [5.41, 5.74) is 0. The number of nitrogens with one attached hydrogen (secondary N) is 1. The van der Waals surface area contributed by atoms with Crippen molar-refractivity contribution in [3.8, 4) is 0 Å². The molecule has 3 rings (SSSR count). The normalized spacial score (nSPS) is 19.9. The third-order valence-corrected chi connectivity index (χ3v) is 3.94. The van der Waals surface area contributed by atoms with Crippen LogP contribution in [-0.2, 0) is 4.79 Å². The van der Waals surface area contributed by atoms with Crippen LogP contribution in [0.2, 0.25) is 0 Å². The molecule has 0 bridgehead atoms. The SMILES string of the molecule is O=C(CCN1CCN(c2ccccn2)CC1)NC1CC1. The molecule has 1 aliphatic heterocycles. The second-order valence-electron chi connectivity index (χ2n) is 5.61. The zero-order valence-corrected chi connectivity index (χ0v) is 11.8. The predicted molar refractivity (Wildman–Crippen MR) is 78.7 cm³/mol. The molecule has 1 aromatic rings. The summed E-state index contributed by atoms with van der Waals surface area (Å²) in [5.74, 6) is 1.26. The van der Waals surface area contributed by atoms with Crippen LogP contribution < -0.4 is 10.2 Å². The molecular weight excluding hydrogens is 252 g/mol. The Kier molecular flexibility index (Phi) is 4.16. The molecule has 1 aromatic heterocycles. The average Bonchev–Trinajstić information content (AvgIpc) is 3.31. The van der Waals surface area contributed by atoms with Crippen molar-refractivity contribution in [1.82, 2.24) is 15.2 Å². The Balaban J connectivity index is 1.38. The molecule has 5 nitrogen and oxygen atoms in total. The van der Waals surface area contributed by atoms with E-state index in [-0.39, 0.29) is 5.91 Å². The smallest absolute Gasteiger partial charge is 0.221 e. The predicted octanol–water partition coefficient (Wildman–Crippen LogP) is 0.872. The molecule has 1 N–H and O–H groups in total. The van der Waals surface area contributed by atoms with Gasteiger partial charge in [0.25, 0.3) is 0 Å². The van der Waals surface area contributed by atoms with Gasteiger partial charge in [0.1, 0.15) is 5.82 Å². The minimum Gasteiger partial charge on any atom is -0.354 e. The van der Waals surface area contributed by atoms with Crippen LogP contribution in [0.1, 0.15) is 19.3 Å². The van der Waals surface area contributed by atoms with Crippen molar-refractivity contribution < 1.29 is 4.79 Å². The van der Waals surface area contributed by atoms with Crippen LogP contribution in [0.25, 0.3) is 0 Å². The number of hydrogen-bond donors (Lipinski definition) is 1. The van der Waals surface area contributed by atoms with Gasteiger partial charge in [-0.05, 0) is 25.0 Å². The first-order valence-corrected chi connectivity index (χ1v) is 7.49. The average molecular weight is 274 g/mol. The Morgan fingerprint density at radius 3 is 2.70 bits per heavy atom. The van der Waals surface area contributed by atoms with Gasteiger partial charge in [-0.3, -0.25) is 9.69 Å². The summed E-state index contributed by atoms with van der Waals surface area (Å²) in [4.78, 5) is 20.7. The Bertz CT molecular complexity index is 438. The van der Waals surface area contributed by atoms with Gasteiger partial charge in [0.05, 0.1) is 0 Å². The van der Waals surface area contributed by atoms with Gasteiger partial charge in [0.2, 0.25) is 5.91 Å². The first-order valence-electron chi connectivity index (χ1n) is 7.49. The first-order chi connectivity index (χ1) is 9.81. The van der Waals surface area contributed by atoms with Crippen LogP contribution in [0.4, 0.5) is 5.82 Å². The van der Waals surface area contributed by atoms with Crippen LogP contribution in [-0.4, -0.2) is 54.6 Å². The molecule has 2 aliphatic rings. The number of rotatable bonds is 5. The van der Waals surface area contributed by atoms with E-state index in [2.05, 4.69) is 26.2 Å². The number of anilines is 1. The molecule has 1 aliphatic carbocycles. The molecular formula is C15H22N4O. The summed E-state index contributed by atoms with van der Waals surface area (Å²) < 4.78 is 0. The lowest BCUT2D eigenvalue weighted by Gasteiger charge is -2.35. The van der Waals surface area contributed by atoms with Crippen molar-refractivity contribution in [3.63, 3.8) is 0 Å². The number of nitrogens with zero attached hydrogens (tertiary/aromatic N) is 3. The fraction of sp³-hybridized carbons (Fsp3) is 0.600. The molecule has 2 heterocycles. The number of hydrogen-bond acceptors (Lipinski definition) is 4. The molecule has 20 heavy (non-hydrogen) atoms. The monoisotopic (exact) mass is 274 g/mol. The lowest BCUT2D eigenvalue weighted by molar-refractivity contribution is -0.121. The van der Waals surface area contributed by atoms with Crippen LogP contribution >= 0.6 is 0 Å². The molecule has 0 unspecified atom stereocenters. The molecule has 0 radical (unpaired) electrons. The summed E-state index contributed by atoms with van der Waals surface area (Å²) in [6.07, 6.45) is 4.78. The summed E-state index contributed by atoms with van der Waals surface area (Å²) in [6, 6.07) is 6.50. The van der Waals surface area contributed by atoms with Crippen molar-refractivity contribution >= 4 is 11.7 Å². The Morgan fingerprint density at radius 1 is 1.25 bits per heavy atom. The number of carbonyl (C=O) groups excluding carboxylic acids is 1. The molecule has 0 aromatic carbocycles. The van der Waals surface area contributed by atoms with Crippen LogP contribution in [0, 0.1) is 0 Å². The fourth-order valence-electron chi connectivity index (χ4n) is 2.53. The van der Waals surface area contributed by atoms with Gasteiger partial charge in [0, 0.05) is 51.4 Å². The molecule has 1 saturated carbocycles. The highest BCUT2D eigenvalue weighted by Gasteiger charge is 2.24. The van der Waals surface area contributed by atoms with E-state index < -0.39 is 0 Å². The zero-order chi connectivity index (χ0) is 13.8. The second-order valence-corrected chi connectivity index (χ2v) is 5.61. The highest BCUT2D eigenvalue weighted by atomic mass is 16.1. The van der Waals surface area contributed by atoms with E-state index in [0.29, 0.717) is 12.5 Å². The topological polar surface area (TPSA) is 48.5 Å². The van der Waals surface area contributed by atoms with Gasteiger partial charge in [-0.1, -0.05) is 6.07 Å². The van der Waals surface area contributed by atoms with Gasteiger partial charge < -0.3 is 10.2 Å². The van der Waals surface area contributed by atoms with E-state index in [9.17, 15) is 4.79 Å². The lowest BCUT2D eigenvalue weighted by atomic mass is 10.2. The third-order valence-electron chi connectivity index (χ3n) is 3.94. The lowest BCUT2D eigenvalue weighted by Crippen LogP contribution is -2.47. The largest absolute Gasteiger partial charge is 0.354 e. The Hall–Kier alpha value is -1.62. The van der Waals surface area contributed by atoms with E-state index in [4.69, 9.17) is 0 Å². The standard InChI is InChI=1S/C15H22N4O/c20-15(17-13-4-5-13)6-8-18-9-11-19(12-10-18)14-3-1-2-7-16-14/h1-3,7,13H,4-6,8-12H2,(H,17,20). The number of pyridine rings is 1. The van der Waals surface area contributed by atoms with E-state index in [0.717, 1.165) is 51.4 Å². The Morgan fingerprint density at radius 2 is 2.05 bits per heavy atom. The number of carbonyl (C=O) groups is 1. The highest BCUT2D eigenvalue weighted by molar-refractivity contribution is 5.76. The maximum absolute atomic E-state index is 11.7. The van der Waals surface area contributed by atoms with E-state index in [1.54, 1.807) is 0 Å². The summed E-state index contributed by atoms with van der Waals surface area (Å²) >= 11 is 0. The summed E-state index contributed by atoms with van der Waals surface area (Å²) in [6.45, 7) is 4.86. The Labute approximate surface area is 120 Å². The summed E-state index contributed by atoms with van der Waals surface area (Å²) in [7, 11) is 0. The van der Waals surface area contributed by atoms with E-state index in [1.807, 2.05) is 18.3 Å². The summed E-state index contributed by atoms with van der Waals surface area (Å²) in [5, 5.41) is 3.04. The molecule has 5 heteroatoms. The first kappa shape index (κ1) is 13.4. The van der Waals surface area contributed by atoms with Gasteiger partial charge in [-0.15, -0.1) is 0 Å². The van der Waals surface area contributed by atoms with Crippen LogP contribution in [0.15, 0.2) is 24.4 Å². The molecule has 1 saturated heterocycles. The highest BCUT2D eigenvalue weighted by Crippen LogP contribution is 2.18. The van der Waals surface area contributed by atoms with Gasteiger partial charge in [-0.2, -0.15) is 0 Å². The molecule has 1 amide bonds. The molecule has 0 spiro atoms. The van der Waals surface area contributed by atoms with Crippen molar-refractivity contribution in [2.45, 2.75) is 25.3 Å². The number of amides is 1. The molecule has 0 atom stereocenters. The van der Waals surface area contributed by atoms with Crippen molar-refractivity contribution in [1.29, 1.82) is 0 Å². The third kappa shape index (κ3) is 3.70.